The van der Waals surface area contributed by atoms with Crippen LogP contribution in [-0.2, 0) is 0 Å². The highest BCUT2D eigenvalue weighted by atomic mass is 28.3. The van der Waals surface area contributed by atoms with Crippen molar-refractivity contribution in [2.75, 3.05) is 0 Å². The molecule has 1 unspecified atom stereocenters. The van der Waals surface area contributed by atoms with Crippen LogP contribution in [0.1, 0.15) is 43.1 Å². The highest BCUT2D eigenvalue weighted by Gasteiger charge is 2.51. The molecule has 180 valence electrons. The number of benzene rings is 4. The van der Waals surface area contributed by atoms with Crippen LogP contribution in [0.4, 0.5) is 0 Å². The lowest BCUT2D eigenvalue weighted by Crippen LogP contribution is -2.65. The minimum Gasteiger partial charge on any atom is -0.289 e. The molecule has 1 aliphatic carbocycles. The van der Waals surface area contributed by atoms with Crippen LogP contribution in [0.3, 0.4) is 0 Å². The molecule has 0 saturated heterocycles. The molecule has 4 aromatic rings. The fourth-order valence-corrected chi connectivity index (χ4v) is 11.9. The zero-order valence-corrected chi connectivity index (χ0v) is 22.4. The molecular weight excluding hydrogens is 452 g/mol. The summed E-state index contributed by atoms with van der Waals surface area (Å²) in [5.41, 5.74) is 4.19. The molecule has 0 N–H and O–H groups in total. The van der Waals surface area contributed by atoms with Gasteiger partial charge in [-0.1, -0.05) is 152 Å². The van der Waals surface area contributed by atoms with E-state index in [2.05, 4.69) is 106 Å². The number of Topliss-reactive ketones (excluding diaryl/α,β-unsaturated/α-hetero) is 1. The van der Waals surface area contributed by atoms with E-state index in [9.17, 15) is 4.79 Å². The molecule has 0 bridgehead atoms. The molecule has 1 atom stereocenters. The maximum absolute atomic E-state index is 14.0. The summed E-state index contributed by atoms with van der Waals surface area (Å²) < 4.78 is 0. The predicted molar refractivity (Wildman–Crippen MR) is 155 cm³/mol. The predicted octanol–water partition coefficient (Wildman–Crippen LogP) is 7.41. The van der Waals surface area contributed by atoms with Gasteiger partial charge in [-0.15, -0.1) is 0 Å². The smallest absolute Gasteiger partial charge is 0.189 e. The molecule has 0 aliphatic heterocycles. The van der Waals surface area contributed by atoms with Gasteiger partial charge in [-0.05, 0) is 34.6 Å². The average molecular weight is 487 g/mol. The van der Waals surface area contributed by atoms with E-state index in [1.807, 2.05) is 36.4 Å². The lowest BCUT2D eigenvalue weighted by molar-refractivity contribution is 0.101. The summed E-state index contributed by atoms with van der Waals surface area (Å²) in [4.78, 5) is 14.0. The van der Waals surface area contributed by atoms with Crippen molar-refractivity contribution in [1.29, 1.82) is 0 Å². The van der Waals surface area contributed by atoms with Crippen LogP contribution in [0.5, 0.6) is 0 Å². The second-order valence-corrected chi connectivity index (χ2v) is 15.8. The number of hydrogen-bond acceptors (Lipinski definition) is 1. The third kappa shape index (κ3) is 4.31. The van der Waals surface area contributed by atoms with E-state index in [0.717, 1.165) is 23.6 Å². The summed E-state index contributed by atoms with van der Waals surface area (Å²) in [6.45, 7) is 7.20. The molecule has 0 heterocycles. The number of ketones is 1. The Labute approximate surface area is 216 Å². The van der Waals surface area contributed by atoms with E-state index in [1.165, 1.54) is 21.5 Å². The Morgan fingerprint density at radius 3 is 1.61 bits per heavy atom. The summed E-state index contributed by atoms with van der Waals surface area (Å²) in [6.07, 6.45) is 0.947. The lowest BCUT2D eigenvalue weighted by atomic mass is 9.72. The molecule has 1 aliphatic rings. The fourth-order valence-electron chi connectivity index (χ4n) is 6.12. The van der Waals surface area contributed by atoms with E-state index < -0.39 is 8.07 Å². The zero-order chi connectivity index (χ0) is 25.2. The zero-order valence-electron chi connectivity index (χ0n) is 21.4. The molecule has 0 amide bonds. The highest BCUT2D eigenvalue weighted by molar-refractivity contribution is 7.04. The SMILES string of the molecule is CC(C)(C)[Si](CC1CC(c2ccccc2)=C1C(=O)c1ccccc1)(c1ccccc1)c1ccccc1. The van der Waals surface area contributed by atoms with Gasteiger partial charge in [0, 0.05) is 11.1 Å². The Hall–Kier alpha value is -3.49. The first-order chi connectivity index (χ1) is 17.4. The Bertz CT molecular complexity index is 1310. The van der Waals surface area contributed by atoms with Crippen LogP contribution in [0, 0.1) is 5.92 Å². The van der Waals surface area contributed by atoms with Crippen LogP contribution in [-0.4, -0.2) is 13.9 Å². The van der Waals surface area contributed by atoms with Gasteiger partial charge in [-0.25, -0.2) is 0 Å². The van der Waals surface area contributed by atoms with Crippen LogP contribution in [0.15, 0.2) is 127 Å². The molecule has 2 heteroatoms. The van der Waals surface area contributed by atoms with Crippen molar-refractivity contribution >= 4 is 29.8 Å². The second-order valence-electron chi connectivity index (χ2n) is 10.9. The first-order valence-corrected chi connectivity index (χ1v) is 15.1. The van der Waals surface area contributed by atoms with Crippen LogP contribution < -0.4 is 10.4 Å². The first kappa shape index (κ1) is 24.2. The van der Waals surface area contributed by atoms with Crippen molar-refractivity contribution in [2.24, 2.45) is 5.92 Å². The molecule has 4 aromatic carbocycles. The molecule has 0 fully saturated rings. The van der Waals surface area contributed by atoms with Crippen LogP contribution >= 0.6 is 0 Å². The summed E-state index contributed by atoms with van der Waals surface area (Å²) in [5, 5.41) is 2.96. The summed E-state index contributed by atoms with van der Waals surface area (Å²) in [5.74, 6) is 0.419. The number of hydrogen-bond donors (Lipinski definition) is 0. The van der Waals surface area contributed by atoms with E-state index >= 15 is 0 Å². The Morgan fingerprint density at radius 1 is 0.694 bits per heavy atom. The van der Waals surface area contributed by atoms with Gasteiger partial charge in [-0.2, -0.15) is 0 Å². The molecule has 36 heavy (non-hydrogen) atoms. The van der Waals surface area contributed by atoms with E-state index in [1.54, 1.807) is 0 Å². The van der Waals surface area contributed by atoms with Crippen LogP contribution in [0.25, 0.3) is 5.57 Å². The standard InChI is InChI=1S/C34H34OSi/c1-34(2,3)36(29-20-12-6-13-21-29,30-22-14-7-15-23-30)25-28-24-31(26-16-8-4-9-17-26)32(28)33(35)27-18-10-5-11-19-27/h4-23,28H,24-25H2,1-3H3. The molecule has 5 rings (SSSR count). The van der Waals surface area contributed by atoms with Gasteiger partial charge in [0.05, 0.1) is 0 Å². The molecule has 0 aromatic heterocycles. The van der Waals surface area contributed by atoms with Crippen molar-refractivity contribution in [2.45, 2.75) is 38.3 Å². The highest BCUT2D eigenvalue weighted by Crippen LogP contribution is 2.50. The minimum atomic E-state index is -2.29. The maximum atomic E-state index is 14.0. The summed E-state index contributed by atoms with van der Waals surface area (Å²) in [7, 11) is -2.29. The van der Waals surface area contributed by atoms with E-state index in [0.29, 0.717) is 0 Å². The third-order valence-corrected chi connectivity index (χ3v) is 14.3. The Balaban J connectivity index is 1.66. The van der Waals surface area contributed by atoms with E-state index in [4.69, 9.17) is 0 Å². The molecule has 0 spiro atoms. The van der Waals surface area contributed by atoms with Gasteiger partial charge >= 0.3 is 0 Å². The molecule has 1 nitrogen and oxygen atoms in total. The molecule has 0 radical (unpaired) electrons. The van der Waals surface area contributed by atoms with Gasteiger partial charge in [0.15, 0.2) is 5.78 Å². The van der Waals surface area contributed by atoms with Gasteiger partial charge in [0.1, 0.15) is 8.07 Å². The fraction of sp³-hybridized carbons (Fsp3) is 0.206. The van der Waals surface area contributed by atoms with Crippen molar-refractivity contribution in [3.8, 4) is 0 Å². The van der Waals surface area contributed by atoms with Gasteiger partial charge < -0.3 is 0 Å². The van der Waals surface area contributed by atoms with Crippen molar-refractivity contribution in [1.82, 2.24) is 0 Å². The lowest BCUT2D eigenvalue weighted by Gasteiger charge is -2.48. The number of carbonyl (C=O) groups excluding carboxylic acids is 1. The largest absolute Gasteiger partial charge is 0.289 e. The summed E-state index contributed by atoms with van der Waals surface area (Å²) in [6, 6.07) is 43.5. The second kappa shape index (κ2) is 9.87. The monoisotopic (exact) mass is 486 g/mol. The Morgan fingerprint density at radius 2 is 1.14 bits per heavy atom. The topological polar surface area (TPSA) is 17.1 Å². The quantitative estimate of drug-likeness (QED) is 0.196. The third-order valence-electron chi connectivity index (χ3n) is 7.95. The van der Waals surface area contributed by atoms with Crippen molar-refractivity contribution < 1.29 is 4.79 Å². The number of rotatable bonds is 7. The molecular formula is C34H34OSi. The number of allylic oxidation sites excluding steroid dienone is 2. The Kier molecular flexibility index (Phi) is 6.64. The van der Waals surface area contributed by atoms with Crippen molar-refractivity contribution in [3.05, 3.63) is 138 Å². The van der Waals surface area contributed by atoms with E-state index in [-0.39, 0.29) is 16.7 Å². The van der Waals surface area contributed by atoms with Gasteiger partial charge in [0.2, 0.25) is 0 Å². The van der Waals surface area contributed by atoms with Gasteiger partial charge in [0.25, 0.3) is 0 Å². The first-order valence-electron chi connectivity index (χ1n) is 12.9. The number of carbonyl (C=O) groups is 1. The summed E-state index contributed by atoms with van der Waals surface area (Å²) >= 11 is 0. The van der Waals surface area contributed by atoms with Crippen LogP contribution in [0.2, 0.25) is 11.1 Å². The van der Waals surface area contributed by atoms with Gasteiger partial charge in [-0.3, -0.25) is 4.79 Å². The van der Waals surface area contributed by atoms with Crippen molar-refractivity contribution in [3.63, 3.8) is 0 Å². The average Bonchev–Trinajstić information content (AvgIpc) is 2.90. The maximum Gasteiger partial charge on any atom is 0.189 e. The normalized spacial score (nSPS) is 15.9. The minimum absolute atomic E-state index is 0.0686. The molecule has 0 saturated carbocycles.